The summed E-state index contributed by atoms with van der Waals surface area (Å²) in [5.74, 6) is 5.78. The van der Waals surface area contributed by atoms with Gasteiger partial charge in [-0.15, -0.1) is 5.92 Å². The van der Waals surface area contributed by atoms with Gasteiger partial charge >= 0.3 is 0 Å². The Labute approximate surface area is 74.0 Å². The summed E-state index contributed by atoms with van der Waals surface area (Å²) in [5.41, 5.74) is 0. The highest BCUT2D eigenvalue weighted by Crippen LogP contribution is 1.91. The fourth-order valence-electron chi connectivity index (χ4n) is 0.558. The molecule has 1 amide bonds. The van der Waals surface area contributed by atoms with E-state index in [0.29, 0.717) is 12.5 Å². The average molecular weight is 165 g/mol. The van der Waals surface area contributed by atoms with Crippen molar-refractivity contribution >= 4 is 5.91 Å². The monoisotopic (exact) mass is 165 g/mol. The van der Waals surface area contributed by atoms with Gasteiger partial charge in [-0.05, 0) is 18.9 Å². The molecular weight excluding hydrogens is 150 g/mol. The fourth-order valence-corrected chi connectivity index (χ4v) is 0.558. The second-order valence-electron chi connectivity index (χ2n) is 2.75. The maximum atomic E-state index is 11.0. The largest absolute Gasteiger partial charge is 0.342 e. The maximum absolute atomic E-state index is 11.0. The minimum Gasteiger partial charge on any atom is -0.342 e. The van der Waals surface area contributed by atoms with Crippen molar-refractivity contribution in [3.05, 3.63) is 12.2 Å². The number of nitrogens with one attached hydrogen (secondary N) is 1. The van der Waals surface area contributed by atoms with Gasteiger partial charge in [-0.3, -0.25) is 4.79 Å². The predicted octanol–water partition coefficient (Wildman–Crippen LogP) is 1.34. The lowest BCUT2D eigenvalue weighted by atomic mass is 10.2. The first-order chi connectivity index (χ1) is 5.66. The molecule has 2 nitrogen and oxygen atoms in total. The standard InChI is InChI=1S/C10H15NO/c1-4-5-8-11-10(12)7-6-9(2)3/h6-7,9H,8H2,1-3H3,(H,11,12)/b7-6+. The Balaban J connectivity index is 3.64. The van der Waals surface area contributed by atoms with E-state index in [9.17, 15) is 4.79 Å². The molecule has 0 unspecified atom stereocenters. The predicted molar refractivity (Wildman–Crippen MR) is 50.4 cm³/mol. The third-order valence-electron chi connectivity index (χ3n) is 1.16. The van der Waals surface area contributed by atoms with Crippen LogP contribution in [-0.2, 0) is 4.79 Å². The van der Waals surface area contributed by atoms with Gasteiger partial charge in [-0.2, -0.15) is 0 Å². The van der Waals surface area contributed by atoms with Gasteiger partial charge < -0.3 is 5.32 Å². The number of rotatable bonds is 3. The molecule has 0 fully saturated rings. The second-order valence-corrected chi connectivity index (χ2v) is 2.75. The number of allylic oxidation sites excluding steroid dienone is 1. The van der Waals surface area contributed by atoms with E-state index in [1.54, 1.807) is 13.0 Å². The van der Waals surface area contributed by atoms with E-state index in [4.69, 9.17) is 0 Å². The minimum atomic E-state index is -0.0774. The van der Waals surface area contributed by atoms with Crippen molar-refractivity contribution in [1.29, 1.82) is 0 Å². The van der Waals surface area contributed by atoms with Crippen LogP contribution in [0, 0.1) is 17.8 Å². The molecule has 0 spiro atoms. The highest BCUT2D eigenvalue weighted by molar-refractivity contribution is 5.87. The number of amides is 1. The molecule has 0 rings (SSSR count). The fraction of sp³-hybridized carbons (Fsp3) is 0.500. The number of hydrogen-bond acceptors (Lipinski definition) is 1. The van der Waals surface area contributed by atoms with Crippen molar-refractivity contribution in [1.82, 2.24) is 5.32 Å². The van der Waals surface area contributed by atoms with Crippen molar-refractivity contribution in [3.8, 4) is 11.8 Å². The molecule has 0 heterocycles. The molecule has 1 N–H and O–H groups in total. The lowest BCUT2D eigenvalue weighted by Crippen LogP contribution is -2.21. The highest BCUT2D eigenvalue weighted by atomic mass is 16.1. The molecule has 0 saturated heterocycles. The molecular formula is C10H15NO. The van der Waals surface area contributed by atoms with Crippen LogP contribution >= 0.6 is 0 Å². The van der Waals surface area contributed by atoms with Gasteiger partial charge in [0.25, 0.3) is 0 Å². The normalized spacial score (nSPS) is 9.67. The van der Waals surface area contributed by atoms with Gasteiger partial charge in [0.2, 0.25) is 5.91 Å². The van der Waals surface area contributed by atoms with E-state index in [1.807, 2.05) is 19.9 Å². The number of carbonyl (C=O) groups excluding carboxylic acids is 1. The molecule has 0 aliphatic carbocycles. The van der Waals surface area contributed by atoms with Gasteiger partial charge in [-0.25, -0.2) is 0 Å². The van der Waals surface area contributed by atoms with Crippen LogP contribution in [-0.4, -0.2) is 12.5 Å². The maximum Gasteiger partial charge on any atom is 0.244 e. The molecule has 0 aromatic carbocycles. The summed E-state index contributed by atoms with van der Waals surface area (Å²) in [7, 11) is 0. The molecule has 0 aliphatic rings. The zero-order valence-electron chi connectivity index (χ0n) is 7.85. The van der Waals surface area contributed by atoms with E-state index < -0.39 is 0 Å². The molecule has 0 radical (unpaired) electrons. The van der Waals surface area contributed by atoms with Crippen LogP contribution in [0.1, 0.15) is 20.8 Å². The van der Waals surface area contributed by atoms with Crippen LogP contribution in [0.25, 0.3) is 0 Å². The average Bonchev–Trinajstić information content (AvgIpc) is 2.01. The van der Waals surface area contributed by atoms with Gasteiger partial charge in [0.1, 0.15) is 0 Å². The first-order valence-corrected chi connectivity index (χ1v) is 4.02. The highest BCUT2D eigenvalue weighted by Gasteiger charge is 1.91. The number of carbonyl (C=O) groups is 1. The van der Waals surface area contributed by atoms with Crippen molar-refractivity contribution in [2.24, 2.45) is 5.92 Å². The lowest BCUT2D eigenvalue weighted by molar-refractivity contribution is -0.116. The first-order valence-electron chi connectivity index (χ1n) is 4.02. The van der Waals surface area contributed by atoms with Gasteiger partial charge in [0, 0.05) is 0 Å². The topological polar surface area (TPSA) is 29.1 Å². The zero-order valence-corrected chi connectivity index (χ0v) is 7.85. The molecule has 0 aromatic rings. The third-order valence-corrected chi connectivity index (χ3v) is 1.16. The molecule has 0 aromatic heterocycles. The Morgan fingerprint density at radius 1 is 1.58 bits per heavy atom. The zero-order chi connectivity index (χ0) is 9.40. The van der Waals surface area contributed by atoms with E-state index in [0.717, 1.165) is 0 Å². The quantitative estimate of drug-likeness (QED) is 0.496. The molecule has 0 atom stereocenters. The Morgan fingerprint density at radius 3 is 2.75 bits per heavy atom. The minimum absolute atomic E-state index is 0.0774. The van der Waals surface area contributed by atoms with Crippen molar-refractivity contribution < 1.29 is 4.79 Å². The summed E-state index contributed by atoms with van der Waals surface area (Å²) in [6.45, 7) is 6.22. The van der Waals surface area contributed by atoms with Crippen molar-refractivity contribution in [2.75, 3.05) is 6.54 Å². The van der Waals surface area contributed by atoms with E-state index in [-0.39, 0.29) is 5.91 Å². The lowest BCUT2D eigenvalue weighted by Gasteiger charge is -1.95. The summed E-state index contributed by atoms with van der Waals surface area (Å²) >= 11 is 0. The Morgan fingerprint density at radius 2 is 2.25 bits per heavy atom. The molecule has 2 heteroatoms. The Hall–Kier alpha value is -1.23. The second kappa shape index (κ2) is 6.48. The van der Waals surface area contributed by atoms with Crippen molar-refractivity contribution in [2.45, 2.75) is 20.8 Å². The van der Waals surface area contributed by atoms with E-state index in [1.165, 1.54) is 0 Å². The van der Waals surface area contributed by atoms with Crippen molar-refractivity contribution in [3.63, 3.8) is 0 Å². The smallest absolute Gasteiger partial charge is 0.244 e. The molecule has 0 saturated carbocycles. The van der Waals surface area contributed by atoms with Crippen LogP contribution in [0.3, 0.4) is 0 Å². The molecule has 66 valence electrons. The molecule has 0 aliphatic heterocycles. The van der Waals surface area contributed by atoms with Gasteiger partial charge in [0.15, 0.2) is 0 Å². The van der Waals surface area contributed by atoms with Gasteiger partial charge in [0.05, 0.1) is 6.54 Å². The first kappa shape index (κ1) is 10.8. The summed E-state index contributed by atoms with van der Waals surface area (Å²) < 4.78 is 0. The van der Waals surface area contributed by atoms with Crippen LogP contribution in [0.5, 0.6) is 0 Å². The van der Waals surface area contributed by atoms with Crippen LogP contribution in [0.15, 0.2) is 12.2 Å². The Kier molecular flexibility index (Phi) is 5.81. The van der Waals surface area contributed by atoms with E-state index >= 15 is 0 Å². The Bertz CT molecular complexity index is 218. The SMILES string of the molecule is CC#CCNC(=O)/C=C/C(C)C. The summed E-state index contributed by atoms with van der Waals surface area (Å²) in [6.07, 6.45) is 3.40. The van der Waals surface area contributed by atoms with Gasteiger partial charge in [-0.1, -0.05) is 25.8 Å². The van der Waals surface area contributed by atoms with Crippen LogP contribution < -0.4 is 5.32 Å². The van der Waals surface area contributed by atoms with Crippen LogP contribution in [0.2, 0.25) is 0 Å². The third kappa shape index (κ3) is 6.88. The van der Waals surface area contributed by atoms with E-state index in [2.05, 4.69) is 17.2 Å². The summed E-state index contributed by atoms with van der Waals surface area (Å²) in [4.78, 5) is 11.0. The summed E-state index contributed by atoms with van der Waals surface area (Å²) in [5, 5.41) is 2.64. The molecule has 12 heavy (non-hydrogen) atoms. The number of hydrogen-bond donors (Lipinski definition) is 1. The summed E-state index contributed by atoms with van der Waals surface area (Å²) in [6, 6.07) is 0. The van der Waals surface area contributed by atoms with Crippen LogP contribution in [0.4, 0.5) is 0 Å². The molecule has 0 bridgehead atoms.